The Morgan fingerprint density at radius 2 is 1.76 bits per heavy atom. The largest absolute Gasteiger partial charge is 0.573 e. The summed E-state index contributed by atoms with van der Waals surface area (Å²) >= 11 is 0. The molecule has 3 amide bonds. The van der Waals surface area contributed by atoms with Crippen LogP contribution in [0.1, 0.15) is 28.8 Å². The van der Waals surface area contributed by atoms with E-state index in [0.717, 1.165) is 0 Å². The first-order valence-corrected chi connectivity index (χ1v) is 10.6. The molecule has 1 heterocycles. The van der Waals surface area contributed by atoms with Crippen molar-refractivity contribution >= 4 is 23.4 Å². The van der Waals surface area contributed by atoms with Crippen LogP contribution in [0.4, 0.5) is 18.9 Å². The number of benzene rings is 2. The number of ether oxygens (including phenoxy) is 1. The molecule has 2 atom stereocenters. The van der Waals surface area contributed by atoms with Gasteiger partial charge in [0.05, 0.1) is 17.5 Å². The van der Waals surface area contributed by atoms with E-state index in [9.17, 15) is 27.6 Å². The number of anilines is 1. The van der Waals surface area contributed by atoms with Crippen LogP contribution in [0, 0.1) is 11.8 Å². The Morgan fingerprint density at radius 1 is 1.09 bits per heavy atom. The van der Waals surface area contributed by atoms with Crippen molar-refractivity contribution in [3.05, 3.63) is 71.8 Å². The van der Waals surface area contributed by atoms with Crippen LogP contribution in [0.15, 0.2) is 60.7 Å². The first-order chi connectivity index (χ1) is 16.1. The zero-order valence-corrected chi connectivity index (χ0v) is 18.2. The summed E-state index contributed by atoms with van der Waals surface area (Å²) in [5.41, 5.74) is 3.91. The molecular formula is C24H22F3N3O4. The number of amides is 3. The number of carbonyl (C=O) groups is 3. The summed E-state index contributed by atoms with van der Waals surface area (Å²) in [4.78, 5) is 39.8. The van der Waals surface area contributed by atoms with Gasteiger partial charge in [-0.3, -0.25) is 19.8 Å². The Morgan fingerprint density at radius 3 is 2.44 bits per heavy atom. The number of hydrogen-bond donors (Lipinski definition) is 1. The van der Waals surface area contributed by atoms with Crippen molar-refractivity contribution in [3.8, 4) is 5.75 Å². The zero-order valence-electron chi connectivity index (χ0n) is 18.2. The van der Waals surface area contributed by atoms with Crippen LogP contribution < -0.4 is 15.2 Å². The number of alkyl halides is 3. The molecule has 34 heavy (non-hydrogen) atoms. The monoisotopic (exact) mass is 473 g/mol. The molecule has 178 valence electrons. The van der Waals surface area contributed by atoms with Crippen LogP contribution in [0.5, 0.6) is 5.75 Å². The molecule has 1 aliphatic heterocycles. The molecule has 0 bridgehead atoms. The Labute approximate surface area is 193 Å². The van der Waals surface area contributed by atoms with E-state index in [1.807, 2.05) is 12.2 Å². The third-order valence-corrected chi connectivity index (χ3v) is 5.80. The lowest BCUT2D eigenvalue weighted by Gasteiger charge is -2.38. The molecular weight excluding hydrogens is 451 g/mol. The third kappa shape index (κ3) is 5.05. The van der Waals surface area contributed by atoms with E-state index in [-0.39, 0.29) is 30.0 Å². The van der Waals surface area contributed by atoms with Gasteiger partial charge in [-0.05, 0) is 48.7 Å². The van der Waals surface area contributed by atoms with Crippen molar-refractivity contribution in [1.82, 2.24) is 10.3 Å². The summed E-state index contributed by atoms with van der Waals surface area (Å²) in [6, 6.07) is 11.6. The molecule has 7 nitrogen and oxygen atoms in total. The Balaban J connectivity index is 1.46. The van der Waals surface area contributed by atoms with Gasteiger partial charge in [0.2, 0.25) is 11.8 Å². The molecule has 1 saturated heterocycles. The fourth-order valence-corrected chi connectivity index (χ4v) is 4.12. The molecule has 2 aromatic rings. The molecule has 0 saturated carbocycles. The molecule has 0 radical (unpaired) electrons. The fraction of sp³-hybridized carbons (Fsp3) is 0.292. The molecule has 2 aromatic carbocycles. The summed E-state index contributed by atoms with van der Waals surface area (Å²) in [7, 11) is 1.56. The number of hydrazine groups is 1. The highest BCUT2D eigenvalue weighted by molar-refractivity contribution is 6.05. The normalized spacial score (nSPS) is 19.9. The van der Waals surface area contributed by atoms with Gasteiger partial charge in [0.15, 0.2) is 0 Å². The van der Waals surface area contributed by atoms with Gasteiger partial charge in [-0.15, -0.1) is 13.2 Å². The fourth-order valence-electron chi connectivity index (χ4n) is 4.12. The minimum absolute atomic E-state index is 0.144. The molecule has 0 aromatic heterocycles. The molecule has 4 rings (SSSR count). The maximum atomic E-state index is 13.0. The number of carbonyl (C=O) groups excluding carboxylic acids is 3. The summed E-state index contributed by atoms with van der Waals surface area (Å²) in [5.74, 6) is -2.00. The van der Waals surface area contributed by atoms with Crippen LogP contribution in [0.3, 0.4) is 0 Å². The van der Waals surface area contributed by atoms with Gasteiger partial charge < -0.3 is 9.64 Å². The predicted octanol–water partition coefficient (Wildman–Crippen LogP) is 3.82. The van der Waals surface area contributed by atoms with E-state index in [4.69, 9.17) is 0 Å². The van der Waals surface area contributed by atoms with E-state index in [1.54, 1.807) is 25.2 Å². The topological polar surface area (TPSA) is 79.0 Å². The smallest absolute Gasteiger partial charge is 0.406 e. The number of allylic oxidation sites excluding steroid dienone is 2. The third-order valence-electron chi connectivity index (χ3n) is 5.80. The average Bonchev–Trinajstić information content (AvgIpc) is 2.81. The maximum Gasteiger partial charge on any atom is 0.573 e. The van der Waals surface area contributed by atoms with Crippen molar-refractivity contribution in [2.45, 2.75) is 25.7 Å². The van der Waals surface area contributed by atoms with Crippen LogP contribution in [-0.4, -0.2) is 36.0 Å². The number of rotatable bonds is 5. The van der Waals surface area contributed by atoms with Gasteiger partial charge in [0, 0.05) is 19.2 Å². The Bertz CT molecular complexity index is 1130. The first kappa shape index (κ1) is 23.3. The van der Waals surface area contributed by atoms with Crippen molar-refractivity contribution in [2.75, 3.05) is 12.1 Å². The number of hydrogen-bond acceptors (Lipinski definition) is 4. The molecule has 0 spiro atoms. The van der Waals surface area contributed by atoms with E-state index in [2.05, 4.69) is 10.2 Å². The predicted molar refractivity (Wildman–Crippen MR) is 116 cm³/mol. The van der Waals surface area contributed by atoms with Gasteiger partial charge in [-0.2, -0.15) is 0 Å². The number of nitrogens with zero attached hydrogens (tertiary/aromatic N) is 2. The Hall–Kier alpha value is -3.82. The van der Waals surface area contributed by atoms with E-state index < -0.39 is 18.2 Å². The van der Waals surface area contributed by atoms with E-state index in [1.165, 1.54) is 40.2 Å². The summed E-state index contributed by atoms with van der Waals surface area (Å²) in [6.07, 6.45) is 0.0234. The number of nitrogens with one attached hydrogen (secondary N) is 1. The molecule has 10 heteroatoms. The Kier molecular flexibility index (Phi) is 6.32. The average molecular weight is 473 g/mol. The lowest BCUT2D eigenvalue weighted by atomic mass is 9.80. The minimum Gasteiger partial charge on any atom is -0.406 e. The quantitative estimate of drug-likeness (QED) is 0.670. The maximum absolute atomic E-state index is 13.0. The molecule has 1 N–H and O–H groups in total. The van der Waals surface area contributed by atoms with Gasteiger partial charge >= 0.3 is 6.36 Å². The standard InChI is InChI=1S/C24H22F3N3O4/c1-29(14-15-9-11-18(12-10-15)34-24(25,26)27)22(32)16-5-4-6-17(13-16)30-23(33)20-8-3-2-7-19(20)21(31)28-30/h2-6,9-13,19-20H,7-8,14H2,1H3,(H,28,31). The number of halogens is 3. The van der Waals surface area contributed by atoms with Crippen molar-refractivity contribution in [1.29, 1.82) is 0 Å². The van der Waals surface area contributed by atoms with Gasteiger partial charge in [0.25, 0.3) is 5.91 Å². The van der Waals surface area contributed by atoms with Crippen molar-refractivity contribution in [3.63, 3.8) is 0 Å². The molecule has 1 aliphatic carbocycles. The second kappa shape index (κ2) is 9.20. The highest BCUT2D eigenvalue weighted by Crippen LogP contribution is 2.32. The first-order valence-electron chi connectivity index (χ1n) is 10.6. The van der Waals surface area contributed by atoms with Crippen molar-refractivity contribution in [2.24, 2.45) is 11.8 Å². The summed E-state index contributed by atoms with van der Waals surface area (Å²) < 4.78 is 40.8. The molecule has 1 fully saturated rings. The van der Waals surface area contributed by atoms with Crippen LogP contribution in [0.25, 0.3) is 0 Å². The van der Waals surface area contributed by atoms with Gasteiger partial charge in [-0.25, -0.2) is 5.01 Å². The highest BCUT2D eigenvalue weighted by Gasteiger charge is 2.42. The summed E-state index contributed by atoms with van der Waals surface area (Å²) in [5, 5.41) is 1.19. The van der Waals surface area contributed by atoms with E-state index >= 15 is 0 Å². The van der Waals surface area contributed by atoms with Crippen molar-refractivity contribution < 1.29 is 32.3 Å². The van der Waals surface area contributed by atoms with Gasteiger partial charge in [0.1, 0.15) is 5.75 Å². The second-order valence-corrected chi connectivity index (χ2v) is 8.21. The SMILES string of the molecule is CN(Cc1ccc(OC(F)(F)F)cc1)C(=O)c1cccc(N2NC(=O)C3CC=CCC3C2=O)c1. The highest BCUT2D eigenvalue weighted by atomic mass is 19.4. The van der Waals surface area contributed by atoms with Crippen LogP contribution >= 0.6 is 0 Å². The molecule has 2 unspecified atom stereocenters. The zero-order chi connectivity index (χ0) is 24.5. The van der Waals surface area contributed by atoms with Gasteiger partial charge in [-0.1, -0.05) is 30.4 Å². The lowest BCUT2D eigenvalue weighted by Crippen LogP contribution is -2.59. The van der Waals surface area contributed by atoms with Crippen LogP contribution in [0.2, 0.25) is 0 Å². The minimum atomic E-state index is -4.77. The lowest BCUT2D eigenvalue weighted by molar-refractivity contribution is -0.274. The molecule has 2 aliphatic rings. The second-order valence-electron chi connectivity index (χ2n) is 8.21. The van der Waals surface area contributed by atoms with E-state index in [0.29, 0.717) is 29.7 Å². The summed E-state index contributed by atoms with van der Waals surface area (Å²) in [6.45, 7) is 0.144. The number of fused-ring (bicyclic) bond motifs is 1. The van der Waals surface area contributed by atoms with Crippen LogP contribution in [-0.2, 0) is 16.1 Å².